The molecule has 3 rings (SSSR count). The summed E-state index contributed by atoms with van der Waals surface area (Å²) < 4.78 is 0. The van der Waals surface area contributed by atoms with Crippen LogP contribution in [0.1, 0.15) is 30.5 Å². The average molecular weight is 601 g/mol. The van der Waals surface area contributed by atoms with Gasteiger partial charge in [0.2, 0.25) is 23.6 Å². The van der Waals surface area contributed by atoms with Gasteiger partial charge in [-0.3, -0.25) is 19.2 Å². The number of fused-ring (bicyclic) bond motifs is 1. The fourth-order valence-electron chi connectivity index (χ4n) is 4.33. The van der Waals surface area contributed by atoms with E-state index in [0.29, 0.717) is 11.4 Å². The van der Waals surface area contributed by atoms with E-state index < -0.39 is 53.8 Å². The Morgan fingerprint density at radius 3 is 2.31 bits per heavy atom. The lowest BCUT2D eigenvalue weighted by Crippen LogP contribution is -2.58. The Kier molecular flexibility index (Phi) is 11.9. The molecule has 4 amide bonds. The maximum Gasteiger partial charge on any atom is 0.326 e. The van der Waals surface area contributed by atoms with Gasteiger partial charge in [-0.25, -0.2) is 9.78 Å². The van der Waals surface area contributed by atoms with E-state index in [2.05, 4.69) is 30.9 Å². The number of nitrogens with one attached hydrogen (secondary N) is 5. The Hall–Kier alpha value is -4.37. The molecule has 10 N–H and O–H groups in total. The predicted molar refractivity (Wildman–Crippen MR) is 157 cm³/mol. The Balaban J connectivity index is 1.82. The summed E-state index contributed by atoms with van der Waals surface area (Å²) in [6, 6.07) is 2.77. The lowest BCUT2D eigenvalue weighted by atomic mass is 10.0. The first-order valence-electron chi connectivity index (χ1n) is 13.3. The maximum absolute atomic E-state index is 13.6. The van der Waals surface area contributed by atoms with Crippen LogP contribution in [0.4, 0.5) is 0 Å². The first kappa shape index (κ1) is 32.1. The van der Waals surface area contributed by atoms with E-state index in [-0.39, 0.29) is 32.1 Å². The molecule has 0 aliphatic heterocycles. The number of amides is 4. The van der Waals surface area contributed by atoms with Crippen molar-refractivity contribution in [1.82, 2.24) is 30.9 Å². The second-order valence-electron chi connectivity index (χ2n) is 9.76. The number of para-hydroxylation sites is 1. The highest BCUT2D eigenvalue weighted by molar-refractivity contribution is 7.98. The number of aromatic nitrogens is 3. The Labute approximate surface area is 246 Å². The quantitative estimate of drug-likeness (QED) is 0.100. The molecule has 0 saturated carbocycles. The van der Waals surface area contributed by atoms with Crippen LogP contribution in [-0.2, 0) is 36.8 Å². The zero-order chi connectivity index (χ0) is 30.6. The van der Waals surface area contributed by atoms with Crippen molar-refractivity contribution in [2.24, 2.45) is 11.5 Å². The summed E-state index contributed by atoms with van der Waals surface area (Å²) in [6.45, 7) is 0. The summed E-state index contributed by atoms with van der Waals surface area (Å²) in [5.74, 6) is -3.56. The molecule has 0 bridgehead atoms. The molecule has 3 aromatic rings. The van der Waals surface area contributed by atoms with Crippen LogP contribution in [0.5, 0.6) is 0 Å². The van der Waals surface area contributed by atoms with Gasteiger partial charge in [-0.15, -0.1) is 0 Å². The van der Waals surface area contributed by atoms with Crippen molar-refractivity contribution in [3.63, 3.8) is 0 Å². The van der Waals surface area contributed by atoms with Gasteiger partial charge >= 0.3 is 5.97 Å². The van der Waals surface area contributed by atoms with E-state index in [9.17, 15) is 29.1 Å². The van der Waals surface area contributed by atoms with Crippen molar-refractivity contribution >= 4 is 52.3 Å². The zero-order valence-electron chi connectivity index (χ0n) is 23.1. The second kappa shape index (κ2) is 15.6. The van der Waals surface area contributed by atoms with Crippen molar-refractivity contribution < 1.29 is 29.1 Å². The van der Waals surface area contributed by atoms with Crippen LogP contribution in [0.2, 0.25) is 0 Å². The standard InChI is InChI=1S/C27H36N8O6S/c1-42-9-8-21(27(40)41)34-25(38)20(6-7-23(29)36)33-26(39)22(10-15-12-31-19-5-3-2-4-17(15)19)35-24(37)18(28)11-16-13-30-14-32-16/h2-5,12-14,18,20-22,31H,6-11,28H2,1H3,(H2,29,36)(H,30,32)(H,33,39)(H,34,38)(H,35,37)(H,40,41). The van der Waals surface area contributed by atoms with Gasteiger partial charge in [0.05, 0.1) is 12.4 Å². The lowest BCUT2D eigenvalue weighted by Gasteiger charge is -2.25. The van der Waals surface area contributed by atoms with Crippen LogP contribution >= 0.6 is 11.8 Å². The van der Waals surface area contributed by atoms with E-state index in [0.717, 1.165) is 16.5 Å². The molecule has 4 unspecified atom stereocenters. The van der Waals surface area contributed by atoms with Gasteiger partial charge in [-0.1, -0.05) is 18.2 Å². The van der Waals surface area contributed by atoms with Gasteiger partial charge in [0.1, 0.15) is 18.1 Å². The maximum atomic E-state index is 13.6. The van der Waals surface area contributed by atoms with Crippen molar-refractivity contribution in [1.29, 1.82) is 0 Å². The fraction of sp³-hybridized carbons (Fsp3) is 0.407. The summed E-state index contributed by atoms with van der Waals surface area (Å²) in [6.07, 6.45) is 6.46. The number of hydrogen-bond donors (Lipinski definition) is 8. The summed E-state index contributed by atoms with van der Waals surface area (Å²) in [5.41, 5.74) is 13.6. The van der Waals surface area contributed by atoms with Gasteiger partial charge in [0.25, 0.3) is 0 Å². The molecule has 226 valence electrons. The minimum atomic E-state index is -1.29. The Morgan fingerprint density at radius 2 is 1.64 bits per heavy atom. The molecule has 0 saturated heterocycles. The first-order valence-corrected chi connectivity index (χ1v) is 14.7. The number of nitrogens with two attached hydrogens (primary N) is 2. The molecule has 1 aromatic carbocycles. The van der Waals surface area contributed by atoms with Crippen LogP contribution in [0.3, 0.4) is 0 Å². The summed E-state index contributed by atoms with van der Waals surface area (Å²) in [5, 5.41) is 18.1. The first-order chi connectivity index (χ1) is 20.1. The van der Waals surface area contributed by atoms with Crippen molar-refractivity contribution in [3.8, 4) is 0 Å². The molecule has 0 spiro atoms. The second-order valence-corrected chi connectivity index (χ2v) is 10.7. The van der Waals surface area contributed by atoms with Crippen molar-refractivity contribution in [3.05, 3.63) is 54.2 Å². The minimum absolute atomic E-state index is 0.0496. The number of nitrogens with zero attached hydrogens (tertiary/aromatic N) is 1. The summed E-state index contributed by atoms with van der Waals surface area (Å²) in [4.78, 5) is 72.9. The molecular formula is C27H36N8O6S. The fourth-order valence-corrected chi connectivity index (χ4v) is 4.80. The zero-order valence-corrected chi connectivity index (χ0v) is 23.9. The third-order valence-corrected chi connectivity index (χ3v) is 7.24. The number of thioether (sulfide) groups is 1. The summed E-state index contributed by atoms with van der Waals surface area (Å²) in [7, 11) is 0. The number of aliphatic carboxylic acids is 1. The number of aromatic amines is 2. The van der Waals surface area contributed by atoms with E-state index in [4.69, 9.17) is 11.5 Å². The van der Waals surface area contributed by atoms with E-state index in [1.165, 1.54) is 24.3 Å². The molecule has 4 atom stereocenters. The van der Waals surface area contributed by atoms with Crippen LogP contribution < -0.4 is 27.4 Å². The predicted octanol–water partition coefficient (Wildman–Crippen LogP) is -0.439. The molecule has 0 aliphatic rings. The van der Waals surface area contributed by atoms with Crippen LogP contribution in [0.15, 0.2) is 43.0 Å². The van der Waals surface area contributed by atoms with Gasteiger partial charge in [-0.2, -0.15) is 11.8 Å². The molecular weight excluding hydrogens is 564 g/mol. The Morgan fingerprint density at radius 1 is 0.952 bits per heavy atom. The van der Waals surface area contributed by atoms with E-state index >= 15 is 0 Å². The molecule has 42 heavy (non-hydrogen) atoms. The van der Waals surface area contributed by atoms with Crippen molar-refractivity contribution in [2.45, 2.75) is 56.3 Å². The van der Waals surface area contributed by atoms with E-state index in [1.54, 1.807) is 12.5 Å². The highest BCUT2D eigenvalue weighted by Gasteiger charge is 2.31. The molecule has 14 nitrogen and oxygen atoms in total. The normalized spacial score (nSPS) is 14.0. The monoisotopic (exact) mass is 600 g/mol. The average Bonchev–Trinajstić information content (AvgIpc) is 3.62. The summed E-state index contributed by atoms with van der Waals surface area (Å²) >= 11 is 1.42. The number of carbonyl (C=O) groups is 5. The molecule has 2 heterocycles. The largest absolute Gasteiger partial charge is 0.480 e. The third-order valence-electron chi connectivity index (χ3n) is 6.60. The molecule has 2 aromatic heterocycles. The Bertz CT molecular complexity index is 1380. The molecule has 0 radical (unpaired) electrons. The SMILES string of the molecule is CSCCC(NC(=O)C(CCC(N)=O)NC(=O)C(Cc1c[nH]c2ccccc12)NC(=O)C(N)Cc1cnc[nH]1)C(=O)O. The number of rotatable bonds is 17. The van der Waals surface area contributed by atoms with Gasteiger partial charge < -0.3 is 42.5 Å². The smallest absolute Gasteiger partial charge is 0.326 e. The van der Waals surface area contributed by atoms with Gasteiger partial charge in [0, 0.05) is 48.3 Å². The number of hydrogen-bond acceptors (Lipinski definition) is 8. The number of carbonyl (C=O) groups excluding carboxylic acids is 4. The van der Waals surface area contributed by atoms with Gasteiger partial charge in [-0.05, 0) is 36.5 Å². The number of carboxylic acids is 1. The van der Waals surface area contributed by atoms with Crippen LogP contribution in [0, 0.1) is 0 Å². The van der Waals surface area contributed by atoms with Gasteiger partial charge in [0.15, 0.2) is 0 Å². The number of carboxylic acid groups (broad SMARTS) is 1. The van der Waals surface area contributed by atoms with Crippen LogP contribution in [0.25, 0.3) is 10.9 Å². The minimum Gasteiger partial charge on any atom is -0.480 e. The number of primary amides is 1. The molecule has 0 aliphatic carbocycles. The van der Waals surface area contributed by atoms with Crippen molar-refractivity contribution in [2.75, 3.05) is 12.0 Å². The lowest BCUT2D eigenvalue weighted by molar-refractivity contribution is -0.142. The molecule has 15 heteroatoms. The third kappa shape index (κ3) is 9.34. The van der Waals surface area contributed by atoms with Crippen LogP contribution in [-0.4, -0.2) is 85.8 Å². The highest BCUT2D eigenvalue weighted by Crippen LogP contribution is 2.19. The highest BCUT2D eigenvalue weighted by atomic mass is 32.2. The van der Waals surface area contributed by atoms with E-state index in [1.807, 2.05) is 24.3 Å². The molecule has 0 fully saturated rings. The number of H-pyrrole nitrogens is 2. The topological polar surface area (TPSA) is 238 Å². The number of imidazole rings is 1. The number of benzene rings is 1.